The van der Waals surface area contributed by atoms with E-state index in [-0.39, 0.29) is 33.3 Å². The summed E-state index contributed by atoms with van der Waals surface area (Å²) >= 11 is 0. The van der Waals surface area contributed by atoms with Crippen molar-refractivity contribution in [3.05, 3.63) is 116 Å². The second kappa shape index (κ2) is 13.5. The van der Waals surface area contributed by atoms with Gasteiger partial charge in [-0.3, -0.25) is 20.2 Å². The zero-order chi connectivity index (χ0) is 34.1. The molecule has 12 nitrogen and oxygen atoms in total. The second-order valence-electron chi connectivity index (χ2n) is 12.8. The van der Waals surface area contributed by atoms with Crippen LogP contribution in [-0.2, 0) is 6.54 Å². The molecule has 0 spiro atoms. The lowest BCUT2D eigenvalue weighted by molar-refractivity contribution is -0.385. The maximum Gasteiger partial charge on any atom is 0.280 e. The van der Waals surface area contributed by atoms with Crippen molar-refractivity contribution in [2.75, 3.05) is 39.5 Å². The van der Waals surface area contributed by atoms with Gasteiger partial charge in [0.2, 0.25) is 0 Å². The van der Waals surface area contributed by atoms with Crippen molar-refractivity contribution in [3.8, 4) is 11.5 Å². The molecule has 1 aliphatic heterocycles. The molecule has 0 saturated carbocycles. The summed E-state index contributed by atoms with van der Waals surface area (Å²) in [5, 5.41) is 32.7. The number of benzene rings is 4. The number of aromatic nitrogens is 1. The number of nitro benzene ring substituents is 2. The molecule has 0 fully saturated rings. The lowest BCUT2D eigenvalue weighted by Gasteiger charge is -2.32. The first-order chi connectivity index (χ1) is 23.0. The molecule has 48 heavy (non-hydrogen) atoms. The van der Waals surface area contributed by atoms with Crippen molar-refractivity contribution in [1.82, 2.24) is 20.1 Å². The Kier molecular flexibility index (Phi) is 9.22. The molecule has 12 heteroatoms. The number of hydrogen-bond donors (Lipinski definition) is 2. The third-order valence-corrected chi connectivity index (χ3v) is 8.57. The summed E-state index contributed by atoms with van der Waals surface area (Å²) in [7, 11) is 6.01. The third kappa shape index (κ3) is 6.50. The van der Waals surface area contributed by atoms with Gasteiger partial charge in [0, 0.05) is 54.8 Å². The zero-order valence-corrected chi connectivity index (χ0v) is 27.6. The van der Waals surface area contributed by atoms with E-state index < -0.39 is 6.04 Å². The van der Waals surface area contributed by atoms with Crippen molar-refractivity contribution < 1.29 is 14.6 Å². The van der Waals surface area contributed by atoms with Gasteiger partial charge in [0.05, 0.1) is 38.2 Å². The van der Waals surface area contributed by atoms with Crippen LogP contribution in [0.3, 0.4) is 0 Å². The molecule has 1 aromatic heterocycles. The molecule has 1 aliphatic rings. The predicted octanol–water partition coefficient (Wildman–Crippen LogP) is 6.87. The Morgan fingerprint density at radius 3 is 2.27 bits per heavy atom. The number of anilines is 1. The number of nitrogens with one attached hydrogen (secondary N) is 2. The summed E-state index contributed by atoms with van der Waals surface area (Å²) in [5.41, 5.74) is 4.40. The van der Waals surface area contributed by atoms with Crippen molar-refractivity contribution in [1.29, 1.82) is 0 Å². The highest BCUT2D eigenvalue weighted by Crippen LogP contribution is 2.46. The topological polar surface area (TPSA) is 139 Å². The van der Waals surface area contributed by atoms with Crippen LogP contribution >= 0.6 is 0 Å². The molecule has 0 aliphatic carbocycles. The van der Waals surface area contributed by atoms with Gasteiger partial charge in [-0.2, -0.15) is 0 Å². The maximum atomic E-state index is 12.1. The third-order valence-electron chi connectivity index (χ3n) is 8.57. The van der Waals surface area contributed by atoms with E-state index >= 15 is 0 Å². The van der Waals surface area contributed by atoms with E-state index in [2.05, 4.69) is 34.3 Å². The summed E-state index contributed by atoms with van der Waals surface area (Å²) < 4.78 is 6.08. The Hall–Kier alpha value is -5.17. The van der Waals surface area contributed by atoms with Crippen LogP contribution < -0.4 is 15.4 Å². The van der Waals surface area contributed by atoms with Gasteiger partial charge in [-0.15, -0.1) is 0 Å². The molecule has 6 rings (SSSR count). The van der Waals surface area contributed by atoms with Gasteiger partial charge in [0.25, 0.3) is 11.4 Å². The number of pyridine rings is 1. The van der Waals surface area contributed by atoms with E-state index in [9.17, 15) is 20.2 Å². The number of rotatable bonds is 12. The first-order valence-corrected chi connectivity index (χ1v) is 15.9. The normalized spacial score (nSPS) is 15.2. The summed E-state index contributed by atoms with van der Waals surface area (Å²) in [5.74, 6) is 1.14. The summed E-state index contributed by atoms with van der Waals surface area (Å²) in [6.07, 6.45) is 0. The van der Waals surface area contributed by atoms with Gasteiger partial charge in [0.1, 0.15) is 16.9 Å². The predicted molar refractivity (Wildman–Crippen MR) is 188 cm³/mol. The van der Waals surface area contributed by atoms with Crippen molar-refractivity contribution >= 4 is 38.9 Å². The van der Waals surface area contributed by atoms with Crippen molar-refractivity contribution in [2.45, 2.75) is 38.5 Å². The van der Waals surface area contributed by atoms with Crippen LogP contribution in [0, 0.1) is 20.2 Å². The summed E-state index contributed by atoms with van der Waals surface area (Å²) in [6.45, 7) is 6.04. The standard InChI is InChI=1S/C36H39N7O5/c1-22(19-40(3)4)37-36-26-13-8-11-24(34(26)39-27-14-9-15-28(32(27)36)42(44)45)21-41(5)20-23(2)38-35-25-12-6-7-17-30(25)48-31-18-10-16-29(33(31)35)43(46)47/h6-18,22-23,35,38H,19-21H2,1-5H3,(H,37,39). The van der Waals surface area contributed by atoms with E-state index in [0.29, 0.717) is 46.7 Å². The molecule has 4 aromatic carbocycles. The number of nitrogens with zero attached hydrogens (tertiary/aromatic N) is 5. The molecule has 0 bridgehead atoms. The average Bonchev–Trinajstić information content (AvgIpc) is 3.03. The van der Waals surface area contributed by atoms with Crippen LogP contribution in [0.5, 0.6) is 11.5 Å². The monoisotopic (exact) mass is 649 g/mol. The molecule has 0 radical (unpaired) electrons. The Labute approximate surface area is 278 Å². The van der Waals surface area contributed by atoms with Crippen LogP contribution in [0.1, 0.15) is 36.6 Å². The minimum Gasteiger partial charge on any atom is -0.456 e. The van der Waals surface area contributed by atoms with Crippen molar-refractivity contribution in [3.63, 3.8) is 0 Å². The molecular weight excluding hydrogens is 610 g/mol. The minimum absolute atomic E-state index is 0.0127. The fraction of sp³-hybridized carbons (Fsp3) is 0.306. The quantitative estimate of drug-likeness (QED) is 0.0836. The lowest BCUT2D eigenvalue weighted by atomic mass is 9.92. The van der Waals surface area contributed by atoms with Gasteiger partial charge in [-0.1, -0.05) is 48.5 Å². The van der Waals surface area contributed by atoms with E-state index in [0.717, 1.165) is 28.6 Å². The van der Waals surface area contributed by atoms with E-state index in [1.54, 1.807) is 18.2 Å². The molecule has 0 amide bonds. The molecule has 3 unspecified atom stereocenters. The summed E-state index contributed by atoms with van der Waals surface area (Å²) in [4.78, 5) is 32.6. The molecule has 248 valence electrons. The van der Waals surface area contributed by atoms with E-state index in [1.807, 2.05) is 69.7 Å². The van der Waals surface area contributed by atoms with Crippen LogP contribution in [0.2, 0.25) is 0 Å². The summed E-state index contributed by atoms with van der Waals surface area (Å²) in [6, 6.07) is 23.0. The Morgan fingerprint density at radius 1 is 0.833 bits per heavy atom. The largest absolute Gasteiger partial charge is 0.456 e. The first kappa shape index (κ1) is 32.8. The minimum atomic E-state index is -0.436. The van der Waals surface area contributed by atoms with Gasteiger partial charge >= 0.3 is 0 Å². The fourth-order valence-electron chi connectivity index (χ4n) is 6.82. The molecular formula is C36H39N7O5. The number of non-ortho nitro benzene ring substituents is 1. The highest BCUT2D eigenvalue weighted by atomic mass is 16.6. The highest BCUT2D eigenvalue weighted by molar-refractivity contribution is 6.11. The SMILES string of the molecule is CC(CN(C)C)Nc1c2cccc(CN(C)CC(C)NC3c4ccccc4Oc4cccc([N+](=O)[O-])c43)c2nc2cccc([N+](=O)[O-])c12. The number of para-hydroxylation sites is 2. The molecule has 5 aromatic rings. The van der Waals surface area contributed by atoms with Crippen LogP contribution in [0.4, 0.5) is 17.1 Å². The highest BCUT2D eigenvalue weighted by Gasteiger charge is 2.34. The smallest absolute Gasteiger partial charge is 0.280 e. The number of nitro groups is 2. The van der Waals surface area contributed by atoms with Crippen molar-refractivity contribution in [2.24, 2.45) is 0 Å². The molecule has 3 atom stereocenters. The Balaban J connectivity index is 1.30. The van der Waals surface area contributed by atoms with Crippen LogP contribution in [0.25, 0.3) is 21.8 Å². The average molecular weight is 650 g/mol. The van der Waals surface area contributed by atoms with Crippen LogP contribution in [-0.4, -0.2) is 70.9 Å². The number of likely N-dealkylation sites (N-methyl/N-ethyl adjacent to an activating group) is 2. The lowest BCUT2D eigenvalue weighted by Crippen LogP contribution is -2.40. The van der Waals surface area contributed by atoms with E-state index in [1.165, 1.54) is 12.1 Å². The van der Waals surface area contributed by atoms with E-state index in [4.69, 9.17) is 9.72 Å². The maximum absolute atomic E-state index is 12.1. The molecule has 2 heterocycles. The molecule has 2 N–H and O–H groups in total. The Bertz CT molecular complexity index is 2020. The second-order valence-corrected chi connectivity index (χ2v) is 12.8. The fourth-order valence-corrected chi connectivity index (χ4v) is 6.82. The van der Waals surface area contributed by atoms with Gasteiger partial charge in [-0.05, 0) is 58.8 Å². The number of hydrogen-bond acceptors (Lipinski definition) is 10. The van der Waals surface area contributed by atoms with Gasteiger partial charge < -0.3 is 25.2 Å². The van der Waals surface area contributed by atoms with Crippen LogP contribution in [0.15, 0.2) is 78.9 Å². The first-order valence-electron chi connectivity index (χ1n) is 15.9. The van der Waals surface area contributed by atoms with Gasteiger partial charge in [0.15, 0.2) is 0 Å². The Morgan fingerprint density at radius 2 is 1.52 bits per heavy atom. The zero-order valence-electron chi connectivity index (χ0n) is 27.6. The molecule has 0 saturated heterocycles. The van der Waals surface area contributed by atoms with Gasteiger partial charge in [-0.25, -0.2) is 4.98 Å². The number of ether oxygens (including phenoxy) is 1. The number of fused-ring (bicyclic) bond motifs is 4.